The Bertz CT molecular complexity index is 952. The number of hydrogen-bond donors (Lipinski definition) is 1. The number of aromatic nitrogens is 2. The summed E-state index contributed by atoms with van der Waals surface area (Å²) in [5, 5.41) is 8.61. The van der Waals surface area contributed by atoms with Crippen molar-refractivity contribution >= 4 is 40.6 Å². The van der Waals surface area contributed by atoms with Gasteiger partial charge >= 0.3 is 0 Å². The predicted molar refractivity (Wildman–Crippen MR) is 108 cm³/mol. The molecular formula is C19H19ClN4O3S. The van der Waals surface area contributed by atoms with Crippen molar-refractivity contribution in [2.75, 3.05) is 4.90 Å². The van der Waals surface area contributed by atoms with E-state index >= 15 is 0 Å². The molecule has 3 aromatic rings. The fourth-order valence-corrected chi connectivity index (χ4v) is 3.31. The number of benzene rings is 1. The van der Waals surface area contributed by atoms with Crippen LogP contribution >= 0.6 is 23.1 Å². The highest BCUT2D eigenvalue weighted by Gasteiger charge is 2.38. The summed E-state index contributed by atoms with van der Waals surface area (Å²) in [4.78, 5) is 27.8. The highest BCUT2D eigenvalue weighted by Crippen LogP contribution is 2.34. The van der Waals surface area contributed by atoms with Crippen LogP contribution in [0.25, 0.3) is 0 Å². The predicted octanol–water partition coefficient (Wildman–Crippen LogP) is 4.09. The van der Waals surface area contributed by atoms with Gasteiger partial charge in [-0.25, -0.2) is 0 Å². The number of amides is 2. The molecule has 2 amide bonds. The molecule has 3 rings (SSSR count). The lowest BCUT2D eigenvalue weighted by Gasteiger charge is -2.32. The zero-order chi connectivity index (χ0) is 20.3. The van der Waals surface area contributed by atoms with Gasteiger partial charge in [0.25, 0.3) is 11.8 Å². The number of para-hydroxylation sites is 1. The first-order valence-corrected chi connectivity index (χ1v) is 9.70. The number of hydrogen-bond acceptors (Lipinski definition) is 6. The first kappa shape index (κ1) is 20.0. The topological polar surface area (TPSA) is 88.3 Å². The second-order valence-corrected chi connectivity index (χ2v) is 8.09. The van der Waals surface area contributed by atoms with Crippen molar-refractivity contribution in [1.29, 1.82) is 0 Å². The van der Waals surface area contributed by atoms with E-state index < -0.39 is 23.4 Å². The minimum atomic E-state index is -1.08. The van der Waals surface area contributed by atoms with Crippen LogP contribution in [0.2, 0.25) is 5.02 Å². The molecule has 0 aliphatic heterocycles. The van der Waals surface area contributed by atoms with Crippen molar-refractivity contribution in [1.82, 2.24) is 14.9 Å². The van der Waals surface area contributed by atoms with Crippen molar-refractivity contribution in [2.24, 2.45) is 0 Å². The first-order chi connectivity index (χ1) is 13.3. The summed E-state index contributed by atoms with van der Waals surface area (Å²) in [6.45, 7) is 5.57. The second-order valence-electron chi connectivity index (χ2n) is 7.07. The third-order valence-electron chi connectivity index (χ3n) is 3.73. The van der Waals surface area contributed by atoms with Crippen molar-refractivity contribution < 1.29 is 14.0 Å². The monoisotopic (exact) mass is 418 g/mol. The minimum Gasteiger partial charge on any atom is -0.467 e. The van der Waals surface area contributed by atoms with E-state index in [0.717, 1.165) is 11.5 Å². The molecule has 7 nitrogen and oxygen atoms in total. The van der Waals surface area contributed by atoms with Crippen LogP contribution < -0.4 is 10.2 Å². The molecule has 0 aliphatic rings. The van der Waals surface area contributed by atoms with Crippen molar-refractivity contribution in [3.8, 4) is 0 Å². The lowest BCUT2D eigenvalue weighted by molar-refractivity contribution is -0.124. The zero-order valence-corrected chi connectivity index (χ0v) is 17.1. The largest absolute Gasteiger partial charge is 0.467 e. The maximum absolute atomic E-state index is 13.3. The van der Waals surface area contributed by atoms with Gasteiger partial charge in [-0.15, -0.1) is 5.10 Å². The molecule has 0 saturated carbocycles. The van der Waals surface area contributed by atoms with Gasteiger partial charge in [0.2, 0.25) is 0 Å². The molecule has 0 fully saturated rings. The Morgan fingerprint density at radius 2 is 1.96 bits per heavy atom. The lowest BCUT2D eigenvalue weighted by Crippen LogP contribution is -2.49. The normalized spacial score (nSPS) is 12.4. The van der Waals surface area contributed by atoms with Gasteiger partial charge in [0.05, 0.1) is 17.0 Å². The lowest BCUT2D eigenvalue weighted by atomic mass is 10.1. The molecule has 0 spiro atoms. The van der Waals surface area contributed by atoms with Gasteiger partial charge in [0, 0.05) is 10.9 Å². The van der Waals surface area contributed by atoms with Crippen LogP contribution in [0, 0.1) is 0 Å². The highest BCUT2D eigenvalue weighted by atomic mass is 35.5. The summed E-state index contributed by atoms with van der Waals surface area (Å²) in [6, 6.07) is 9.02. The molecule has 0 unspecified atom stereocenters. The minimum absolute atomic E-state index is 0.116. The van der Waals surface area contributed by atoms with Crippen LogP contribution in [0.3, 0.4) is 0 Å². The molecule has 28 heavy (non-hydrogen) atoms. The Balaban J connectivity index is 2.15. The van der Waals surface area contributed by atoms with E-state index in [-0.39, 0.29) is 5.69 Å². The summed E-state index contributed by atoms with van der Waals surface area (Å²) in [5.41, 5.74) is -0.0306. The van der Waals surface area contributed by atoms with E-state index in [1.54, 1.807) is 36.4 Å². The molecule has 0 saturated heterocycles. The number of halogens is 1. The van der Waals surface area contributed by atoms with E-state index in [2.05, 4.69) is 14.9 Å². The average molecular weight is 419 g/mol. The summed E-state index contributed by atoms with van der Waals surface area (Å²) < 4.78 is 9.27. The molecule has 1 N–H and O–H groups in total. The number of carbonyl (C=O) groups excluding carboxylic acids is 2. The van der Waals surface area contributed by atoms with Gasteiger partial charge in [0.1, 0.15) is 5.76 Å². The molecule has 146 valence electrons. The van der Waals surface area contributed by atoms with Gasteiger partial charge in [0.15, 0.2) is 11.7 Å². The number of nitrogens with zero attached hydrogens (tertiary/aromatic N) is 3. The van der Waals surface area contributed by atoms with Crippen molar-refractivity contribution in [2.45, 2.75) is 32.4 Å². The fraction of sp³-hybridized carbons (Fsp3) is 0.263. The van der Waals surface area contributed by atoms with Crippen LogP contribution in [0.1, 0.15) is 43.1 Å². The van der Waals surface area contributed by atoms with E-state index in [9.17, 15) is 9.59 Å². The molecule has 1 atom stereocenters. The van der Waals surface area contributed by atoms with E-state index in [1.165, 1.54) is 16.5 Å². The summed E-state index contributed by atoms with van der Waals surface area (Å²) in [5.74, 6) is -0.607. The maximum atomic E-state index is 13.3. The number of anilines is 1. The third kappa shape index (κ3) is 4.40. The smallest absolute Gasteiger partial charge is 0.280 e. The van der Waals surface area contributed by atoms with Crippen LogP contribution in [0.15, 0.2) is 52.5 Å². The molecule has 0 bridgehead atoms. The Kier molecular flexibility index (Phi) is 5.81. The number of furan rings is 1. The first-order valence-electron chi connectivity index (χ1n) is 8.48. The Morgan fingerprint density at radius 1 is 1.21 bits per heavy atom. The van der Waals surface area contributed by atoms with Crippen LogP contribution in [0.5, 0.6) is 0 Å². The van der Waals surface area contributed by atoms with Crippen molar-refractivity contribution in [3.63, 3.8) is 0 Å². The Labute approximate surface area is 171 Å². The quantitative estimate of drug-likeness (QED) is 0.674. The van der Waals surface area contributed by atoms with Crippen molar-refractivity contribution in [3.05, 3.63) is 64.5 Å². The van der Waals surface area contributed by atoms with Gasteiger partial charge < -0.3 is 9.73 Å². The number of nitrogens with one attached hydrogen (secondary N) is 1. The summed E-state index contributed by atoms with van der Waals surface area (Å²) in [7, 11) is 0. The molecular weight excluding hydrogens is 400 g/mol. The molecule has 2 heterocycles. The fourth-order valence-electron chi connectivity index (χ4n) is 2.65. The van der Waals surface area contributed by atoms with Gasteiger partial charge in [-0.05, 0) is 56.6 Å². The van der Waals surface area contributed by atoms with Gasteiger partial charge in [-0.1, -0.05) is 28.2 Å². The Hall–Kier alpha value is -2.71. The second kappa shape index (κ2) is 8.12. The molecule has 2 aromatic heterocycles. The molecule has 0 aliphatic carbocycles. The van der Waals surface area contributed by atoms with Gasteiger partial charge in [-0.2, -0.15) is 0 Å². The molecule has 0 radical (unpaired) electrons. The van der Waals surface area contributed by atoms with Crippen LogP contribution in [-0.2, 0) is 4.79 Å². The standard InChI is InChI=1S/C19H19ClN4O3S/c1-19(2,3)21-17(25)16(15-9-6-10-27-15)24(14-8-5-4-7-12(14)20)18(26)13-11-28-23-22-13/h4-11,16H,1-3H3,(H,21,25)/t16-/m1/s1. The zero-order valence-electron chi connectivity index (χ0n) is 15.5. The van der Waals surface area contributed by atoms with Gasteiger partial charge in [-0.3, -0.25) is 14.5 Å². The van der Waals surface area contributed by atoms with E-state index in [4.69, 9.17) is 16.0 Å². The van der Waals surface area contributed by atoms with E-state index in [1.807, 2.05) is 20.8 Å². The summed E-state index contributed by atoms with van der Waals surface area (Å²) >= 11 is 7.42. The number of rotatable bonds is 5. The summed E-state index contributed by atoms with van der Waals surface area (Å²) in [6.07, 6.45) is 1.45. The van der Waals surface area contributed by atoms with Crippen LogP contribution in [-0.4, -0.2) is 26.9 Å². The highest BCUT2D eigenvalue weighted by molar-refractivity contribution is 7.03. The third-order valence-corrected chi connectivity index (χ3v) is 4.55. The average Bonchev–Trinajstić information content (AvgIpc) is 3.32. The number of carbonyl (C=O) groups is 2. The SMILES string of the molecule is CC(C)(C)NC(=O)[C@@H](c1ccco1)N(C(=O)c1csnn1)c1ccccc1Cl. The van der Waals surface area contributed by atoms with Crippen LogP contribution in [0.4, 0.5) is 5.69 Å². The maximum Gasteiger partial charge on any atom is 0.280 e. The molecule has 1 aromatic carbocycles. The molecule has 9 heteroatoms. The van der Waals surface area contributed by atoms with E-state index in [0.29, 0.717) is 16.5 Å². The Morgan fingerprint density at radius 3 is 2.54 bits per heavy atom.